The van der Waals surface area contributed by atoms with Crippen molar-refractivity contribution in [2.24, 2.45) is 17.1 Å². The molecule has 2 heterocycles. The Hall–Kier alpha value is -1.79. The summed E-state index contributed by atoms with van der Waals surface area (Å²) in [6.45, 7) is 3.53. The molecule has 2 atom stereocenters. The topological polar surface area (TPSA) is 104 Å². The minimum Gasteiger partial charge on any atom is -0.481 e. The zero-order valence-corrected chi connectivity index (χ0v) is 12.4. The van der Waals surface area contributed by atoms with Gasteiger partial charge in [-0.1, -0.05) is 6.92 Å². The lowest BCUT2D eigenvalue weighted by atomic mass is 9.84. The molecule has 2 aliphatic heterocycles. The minimum atomic E-state index is -0.831. The first-order chi connectivity index (χ1) is 9.89. The Balaban J connectivity index is 2.01. The van der Waals surface area contributed by atoms with Crippen LogP contribution in [0.15, 0.2) is 0 Å². The molecule has 0 aromatic rings. The summed E-state index contributed by atoms with van der Waals surface area (Å²) in [6, 6.07) is -0.498. The summed E-state index contributed by atoms with van der Waals surface area (Å²) in [5.74, 6) is -1.13. The van der Waals surface area contributed by atoms with Crippen LogP contribution in [0.25, 0.3) is 0 Å². The lowest BCUT2D eigenvalue weighted by Gasteiger charge is -2.33. The normalized spacial score (nSPS) is 29.5. The summed E-state index contributed by atoms with van der Waals surface area (Å²) in [6.07, 6.45) is 2.50. The van der Waals surface area contributed by atoms with Crippen LogP contribution in [0, 0.1) is 11.3 Å². The van der Waals surface area contributed by atoms with Crippen molar-refractivity contribution in [3.8, 4) is 0 Å². The molecule has 0 spiro atoms. The van der Waals surface area contributed by atoms with Crippen LogP contribution in [-0.4, -0.2) is 59.0 Å². The summed E-state index contributed by atoms with van der Waals surface area (Å²) in [7, 11) is 0. The molecule has 3 amide bonds. The SMILES string of the molecule is CCC1(C(=O)O)CCN(C(=O)C2CCCN(C(N)=O)C2)C1. The molecule has 0 saturated carbocycles. The molecule has 2 fully saturated rings. The molecule has 0 aromatic heterocycles. The predicted molar refractivity (Wildman–Crippen MR) is 75.4 cm³/mol. The third-order valence-corrected chi connectivity index (χ3v) is 4.88. The summed E-state index contributed by atoms with van der Waals surface area (Å²) in [4.78, 5) is 38.3. The van der Waals surface area contributed by atoms with Crippen molar-refractivity contribution in [3.63, 3.8) is 0 Å². The number of carbonyl (C=O) groups is 3. The lowest BCUT2D eigenvalue weighted by molar-refractivity contribution is -0.149. The van der Waals surface area contributed by atoms with Gasteiger partial charge in [0, 0.05) is 26.2 Å². The number of rotatable bonds is 3. The standard InChI is InChI=1S/C14H23N3O4/c1-2-14(12(19)20)5-7-17(9-14)11(18)10-4-3-6-16(8-10)13(15)21/h10H,2-9H2,1H3,(H2,15,21)(H,19,20). The lowest BCUT2D eigenvalue weighted by Crippen LogP contribution is -2.48. The number of carbonyl (C=O) groups excluding carboxylic acids is 2. The van der Waals surface area contributed by atoms with Crippen LogP contribution < -0.4 is 5.73 Å². The molecule has 0 radical (unpaired) electrons. The Bertz CT molecular complexity index is 454. The smallest absolute Gasteiger partial charge is 0.314 e. The molecule has 0 aromatic carbocycles. The van der Waals surface area contributed by atoms with Crippen molar-refractivity contribution in [1.29, 1.82) is 0 Å². The Morgan fingerprint density at radius 3 is 2.52 bits per heavy atom. The largest absolute Gasteiger partial charge is 0.481 e. The number of carboxylic acid groups (broad SMARTS) is 1. The number of amides is 3. The van der Waals surface area contributed by atoms with Gasteiger partial charge in [0.05, 0.1) is 11.3 Å². The van der Waals surface area contributed by atoms with Gasteiger partial charge in [-0.05, 0) is 25.7 Å². The van der Waals surface area contributed by atoms with Crippen molar-refractivity contribution < 1.29 is 19.5 Å². The van der Waals surface area contributed by atoms with Crippen molar-refractivity contribution >= 4 is 17.9 Å². The van der Waals surface area contributed by atoms with E-state index in [1.54, 1.807) is 4.90 Å². The fourth-order valence-corrected chi connectivity index (χ4v) is 3.31. The van der Waals surface area contributed by atoms with Crippen molar-refractivity contribution in [3.05, 3.63) is 0 Å². The second kappa shape index (κ2) is 5.91. The van der Waals surface area contributed by atoms with Crippen molar-refractivity contribution in [2.75, 3.05) is 26.2 Å². The van der Waals surface area contributed by atoms with Gasteiger partial charge < -0.3 is 20.6 Å². The van der Waals surface area contributed by atoms with E-state index in [1.807, 2.05) is 6.92 Å². The van der Waals surface area contributed by atoms with E-state index < -0.39 is 17.4 Å². The first-order valence-electron chi connectivity index (χ1n) is 7.46. The fraction of sp³-hybridized carbons (Fsp3) is 0.786. The number of urea groups is 1. The maximum atomic E-state index is 12.5. The van der Waals surface area contributed by atoms with Crippen LogP contribution in [0.3, 0.4) is 0 Å². The van der Waals surface area contributed by atoms with Crippen LogP contribution in [-0.2, 0) is 9.59 Å². The maximum Gasteiger partial charge on any atom is 0.314 e. The second-order valence-corrected chi connectivity index (χ2v) is 6.07. The van der Waals surface area contributed by atoms with Crippen molar-refractivity contribution in [2.45, 2.75) is 32.6 Å². The quantitative estimate of drug-likeness (QED) is 0.791. The average molecular weight is 297 g/mol. The van der Waals surface area contributed by atoms with Crippen LogP contribution >= 0.6 is 0 Å². The number of hydrogen-bond acceptors (Lipinski definition) is 3. The molecular formula is C14H23N3O4. The molecule has 21 heavy (non-hydrogen) atoms. The number of nitrogens with two attached hydrogens (primary N) is 1. The number of primary amides is 1. The van der Waals surface area contributed by atoms with Gasteiger partial charge in [0.25, 0.3) is 0 Å². The summed E-state index contributed by atoms with van der Waals surface area (Å²) in [5.41, 5.74) is 4.46. The highest BCUT2D eigenvalue weighted by molar-refractivity contribution is 5.83. The van der Waals surface area contributed by atoms with E-state index in [9.17, 15) is 19.5 Å². The molecular weight excluding hydrogens is 274 g/mol. The zero-order valence-electron chi connectivity index (χ0n) is 12.4. The highest BCUT2D eigenvalue weighted by Crippen LogP contribution is 2.35. The average Bonchev–Trinajstić information content (AvgIpc) is 2.92. The summed E-state index contributed by atoms with van der Waals surface area (Å²) >= 11 is 0. The van der Waals surface area contributed by atoms with E-state index in [4.69, 9.17) is 5.73 Å². The van der Waals surface area contributed by atoms with Gasteiger partial charge in [-0.3, -0.25) is 9.59 Å². The number of hydrogen-bond donors (Lipinski definition) is 2. The number of likely N-dealkylation sites (tertiary alicyclic amines) is 2. The first kappa shape index (κ1) is 15.6. The monoisotopic (exact) mass is 297 g/mol. The van der Waals surface area contributed by atoms with Crippen molar-refractivity contribution in [1.82, 2.24) is 9.80 Å². The number of piperidine rings is 1. The minimum absolute atomic E-state index is 0.0440. The van der Waals surface area contributed by atoms with Gasteiger partial charge in [-0.15, -0.1) is 0 Å². The molecule has 2 saturated heterocycles. The maximum absolute atomic E-state index is 12.5. The molecule has 2 aliphatic rings. The van der Waals surface area contributed by atoms with Crippen LogP contribution in [0.5, 0.6) is 0 Å². The third-order valence-electron chi connectivity index (χ3n) is 4.88. The van der Waals surface area contributed by atoms with Crippen LogP contribution in [0.1, 0.15) is 32.6 Å². The highest BCUT2D eigenvalue weighted by atomic mass is 16.4. The Morgan fingerprint density at radius 1 is 1.29 bits per heavy atom. The zero-order chi connectivity index (χ0) is 15.6. The van der Waals surface area contributed by atoms with Gasteiger partial charge in [-0.2, -0.15) is 0 Å². The van der Waals surface area contributed by atoms with Crippen LogP contribution in [0.4, 0.5) is 4.79 Å². The van der Waals surface area contributed by atoms with Crippen LogP contribution in [0.2, 0.25) is 0 Å². The molecule has 7 nitrogen and oxygen atoms in total. The van der Waals surface area contributed by atoms with E-state index >= 15 is 0 Å². The highest BCUT2D eigenvalue weighted by Gasteiger charge is 2.46. The molecule has 2 unspecified atom stereocenters. The van der Waals surface area contributed by atoms with E-state index in [-0.39, 0.29) is 18.4 Å². The first-order valence-corrected chi connectivity index (χ1v) is 7.46. The molecule has 0 bridgehead atoms. The molecule has 3 N–H and O–H groups in total. The van der Waals surface area contributed by atoms with Gasteiger partial charge in [-0.25, -0.2) is 4.79 Å². The number of nitrogens with zero attached hydrogens (tertiary/aromatic N) is 2. The summed E-state index contributed by atoms with van der Waals surface area (Å²) in [5, 5.41) is 9.38. The number of carboxylic acids is 1. The predicted octanol–water partition coefficient (Wildman–Crippen LogP) is 0.490. The van der Waals surface area contributed by atoms with Gasteiger partial charge >= 0.3 is 12.0 Å². The number of aliphatic carboxylic acids is 1. The van der Waals surface area contributed by atoms with E-state index in [2.05, 4.69) is 0 Å². The molecule has 0 aliphatic carbocycles. The fourth-order valence-electron chi connectivity index (χ4n) is 3.31. The van der Waals surface area contributed by atoms with E-state index in [0.717, 1.165) is 12.8 Å². The third kappa shape index (κ3) is 2.96. The van der Waals surface area contributed by atoms with Gasteiger partial charge in [0.2, 0.25) is 5.91 Å². The second-order valence-electron chi connectivity index (χ2n) is 6.07. The Kier molecular flexibility index (Phi) is 4.39. The van der Waals surface area contributed by atoms with Gasteiger partial charge in [0.1, 0.15) is 0 Å². The van der Waals surface area contributed by atoms with E-state index in [1.165, 1.54) is 4.90 Å². The molecule has 118 valence electrons. The Morgan fingerprint density at radius 2 is 2.00 bits per heavy atom. The molecule has 2 rings (SSSR count). The van der Waals surface area contributed by atoms with Gasteiger partial charge in [0.15, 0.2) is 0 Å². The molecule has 7 heteroatoms. The Labute approximate surface area is 124 Å². The summed E-state index contributed by atoms with van der Waals surface area (Å²) < 4.78 is 0. The van der Waals surface area contributed by atoms with E-state index in [0.29, 0.717) is 32.5 Å².